The molecule has 15 heavy (non-hydrogen) atoms. The van der Waals surface area contributed by atoms with Gasteiger partial charge in [-0.1, -0.05) is 0 Å². The van der Waals surface area contributed by atoms with Crippen LogP contribution >= 0.6 is 0 Å². The van der Waals surface area contributed by atoms with E-state index in [9.17, 15) is 0 Å². The van der Waals surface area contributed by atoms with E-state index in [4.69, 9.17) is 10.5 Å². The van der Waals surface area contributed by atoms with Gasteiger partial charge in [-0.15, -0.1) is 0 Å². The van der Waals surface area contributed by atoms with Gasteiger partial charge in [-0.2, -0.15) is 0 Å². The summed E-state index contributed by atoms with van der Waals surface area (Å²) < 4.78 is 5.11. The van der Waals surface area contributed by atoms with Crippen LogP contribution in [0, 0.1) is 0 Å². The highest BCUT2D eigenvalue weighted by Crippen LogP contribution is 2.26. The molecule has 0 saturated heterocycles. The van der Waals surface area contributed by atoms with Crippen LogP contribution in [0.15, 0.2) is 30.9 Å². The Morgan fingerprint density at radius 2 is 1.93 bits per heavy atom. The molecule has 2 rings (SSSR count). The summed E-state index contributed by atoms with van der Waals surface area (Å²) in [4.78, 5) is 11.8. The van der Waals surface area contributed by atoms with Crippen molar-refractivity contribution in [2.24, 2.45) is 0 Å². The topological polar surface area (TPSA) is 73.9 Å². The first-order chi connectivity index (χ1) is 7.31. The maximum absolute atomic E-state index is 5.70. The molecule has 1 heterocycles. The largest absolute Gasteiger partial charge is 0.495 e. The summed E-state index contributed by atoms with van der Waals surface area (Å²) in [7, 11) is 1.57. The Morgan fingerprint density at radius 3 is 2.60 bits per heavy atom. The molecule has 0 unspecified atom stereocenters. The predicted molar refractivity (Wildman–Crippen MR) is 56.2 cm³/mol. The second kappa shape index (κ2) is 3.91. The van der Waals surface area contributed by atoms with E-state index in [0.29, 0.717) is 17.3 Å². The van der Waals surface area contributed by atoms with Crippen molar-refractivity contribution in [3.63, 3.8) is 0 Å². The lowest BCUT2D eigenvalue weighted by atomic mass is 10.2. The predicted octanol–water partition coefficient (Wildman–Crippen LogP) is 1.13. The van der Waals surface area contributed by atoms with Gasteiger partial charge in [0.05, 0.1) is 12.8 Å². The summed E-state index contributed by atoms with van der Waals surface area (Å²) >= 11 is 0. The molecule has 2 N–H and O–H groups in total. The van der Waals surface area contributed by atoms with Crippen LogP contribution in [0.4, 0.5) is 5.69 Å². The summed E-state index contributed by atoms with van der Waals surface area (Å²) in [5.41, 5.74) is 7.14. The molecule has 0 saturated carbocycles. The first kappa shape index (κ1) is 9.39. The van der Waals surface area contributed by atoms with E-state index in [1.54, 1.807) is 19.2 Å². The van der Waals surface area contributed by atoms with Crippen LogP contribution in [-0.4, -0.2) is 22.1 Å². The zero-order chi connectivity index (χ0) is 10.7. The Morgan fingerprint density at radius 1 is 1.20 bits per heavy atom. The lowest BCUT2D eigenvalue weighted by Gasteiger charge is -2.05. The molecular weight excluding hydrogens is 192 g/mol. The highest BCUT2D eigenvalue weighted by molar-refractivity contribution is 5.64. The normalized spacial score (nSPS) is 9.93. The molecule has 0 bridgehead atoms. The molecule has 2 aromatic rings. The SMILES string of the molecule is COc1cc(-c2ncncn2)ccc1N. The number of hydrogen-bond donors (Lipinski definition) is 1. The van der Waals surface area contributed by atoms with Gasteiger partial charge in [-0.3, -0.25) is 0 Å². The smallest absolute Gasteiger partial charge is 0.162 e. The molecule has 5 heteroatoms. The molecule has 0 spiro atoms. The lowest BCUT2D eigenvalue weighted by Crippen LogP contribution is -1.94. The molecule has 0 aliphatic carbocycles. The number of nitrogen functional groups attached to an aromatic ring is 1. The van der Waals surface area contributed by atoms with Gasteiger partial charge >= 0.3 is 0 Å². The average molecular weight is 202 g/mol. The van der Waals surface area contributed by atoms with Gasteiger partial charge in [-0.05, 0) is 18.2 Å². The van der Waals surface area contributed by atoms with Crippen LogP contribution in [0.5, 0.6) is 5.75 Å². The van der Waals surface area contributed by atoms with E-state index < -0.39 is 0 Å². The average Bonchev–Trinajstić information content (AvgIpc) is 2.31. The number of aromatic nitrogens is 3. The van der Waals surface area contributed by atoms with Gasteiger partial charge in [-0.25, -0.2) is 15.0 Å². The third kappa shape index (κ3) is 1.85. The van der Waals surface area contributed by atoms with Gasteiger partial charge in [0.15, 0.2) is 5.82 Å². The molecule has 0 aliphatic heterocycles. The standard InChI is InChI=1S/C10H10N4O/c1-15-9-4-7(2-3-8(9)11)10-13-5-12-6-14-10/h2-6H,11H2,1H3. The van der Waals surface area contributed by atoms with Crippen molar-refractivity contribution in [1.29, 1.82) is 0 Å². The summed E-state index contributed by atoms with van der Waals surface area (Å²) in [6.07, 6.45) is 2.90. The molecular formula is C10H10N4O. The second-order valence-electron chi connectivity index (χ2n) is 2.92. The van der Waals surface area contributed by atoms with Gasteiger partial charge in [0, 0.05) is 5.56 Å². The number of methoxy groups -OCH3 is 1. The molecule has 0 aliphatic rings. The third-order valence-electron chi connectivity index (χ3n) is 1.99. The third-order valence-corrected chi connectivity index (χ3v) is 1.99. The molecule has 1 aromatic heterocycles. The van der Waals surface area contributed by atoms with Crippen molar-refractivity contribution in [3.05, 3.63) is 30.9 Å². The summed E-state index contributed by atoms with van der Waals surface area (Å²) in [6, 6.07) is 5.40. The summed E-state index contributed by atoms with van der Waals surface area (Å²) in [6.45, 7) is 0. The fourth-order valence-electron chi connectivity index (χ4n) is 1.24. The van der Waals surface area contributed by atoms with E-state index >= 15 is 0 Å². The Bertz CT molecular complexity index is 458. The fraction of sp³-hybridized carbons (Fsp3) is 0.100. The van der Waals surface area contributed by atoms with E-state index in [0.717, 1.165) is 5.56 Å². The Kier molecular flexibility index (Phi) is 2.45. The van der Waals surface area contributed by atoms with Gasteiger partial charge < -0.3 is 10.5 Å². The van der Waals surface area contributed by atoms with Gasteiger partial charge in [0.25, 0.3) is 0 Å². The van der Waals surface area contributed by atoms with Crippen LogP contribution in [0.2, 0.25) is 0 Å². The van der Waals surface area contributed by atoms with Crippen LogP contribution in [0.1, 0.15) is 0 Å². The highest BCUT2D eigenvalue weighted by Gasteiger charge is 2.04. The first-order valence-corrected chi connectivity index (χ1v) is 4.37. The maximum Gasteiger partial charge on any atom is 0.162 e. The molecule has 0 radical (unpaired) electrons. The quantitative estimate of drug-likeness (QED) is 0.739. The maximum atomic E-state index is 5.70. The summed E-state index contributed by atoms with van der Waals surface area (Å²) in [5.74, 6) is 1.22. The molecule has 1 aromatic carbocycles. The number of ether oxygens (including phenoxy) is 1. The number of benzene rings is 1. The number of rotatable bonds is 2. The van der Waals surface area contributed by atoms with E-state index in [-0.39, 0.29) is 0 Å². The van der Waals surface area contributed by atoms with Crippen LogP contribution < -0.4 is 10.5 Å². The Hall–Kier alpha value is -2.17. The monoisotopic (exact) mass is 202 g/mol. The van der Waals surface area contributed by atoms with E-state index in [1.165, 1.54) is 12.7 Å². The molecule has 0 amide bonds. The van der Waals surface area contributed by atoms with E-state index in [1.807, 2.05) is 6.07 Å². The van der Waals surface area contributed by atoms with Gasteiger partial charge in [0.2, 0.25) is 0 Å². The zero-order valence-electron chi connectivity index (χ0n) is 8.21. The first-order valence-electron chi connectivity index (χ1n) is 4.37. The van der Waals surface area contributed by atoms with E-state index in [2.05, 4.69) is 15.0 Å². The number of anilines is 1. The van der Waals surface area contributed by atoms with Gasteiger partial charge in [0.1, 0.15) is 18.4 Å². The van der Waals surface area contributed by atoms with Crippen molar-refractivity contribution in [2.75, 3.05) is 12.8 Å². The van der Waals surface area contributed by atoms with Crippen molar-refractivity contribution >= 4 is 5.69 Å². The molecule has 5 nitrogen and oxygen atoms in total. The minimum Gasteiger partial charge on any atom is -0.495 e. The number of hydrogen-bond acceptors (Lipinski definition) is 5. The van der Waals surface area contributed by atoms with Crippen LogP contribution in [0.3, 0.4) is 0 Å². The fourth-order valence-corrected chi connectivity index (χ4v) is 1.24. The number of nitrogens with two attached hydrogens (primary N) is 1. The van der Waals surface area contributed by atoms with Crippen molar-refractivity contribution in [1.82, 2.24) is 15.0 Å². The molecule has 0 fully saturated rings. The van der Waals surface area contributed by atoms with Crippen molar-refractivity contribution in [2.45, 2.75) is 0 Å². The molecule has 76 valence electrons. The van der Waals surface area contributed by atoms with Crippen LogP contribution in [-0.2, 0) is 0 Å². The van der Waals surface area contributed by atoms with Crippen LogP contribution in [0.25, 0.3) is 11.4 Å². The molecule has 0 atom stereocenters. The minimum absolute atomic E-state index is 0.593. The van der Waals surface area contributed by atoms with Crippen molar-refractivity contribution < 1.29 is 4.74 Å². The summed E-state index contributed by atoms with van der Waals surface area (Å²) in [5, 5.41) is 0. The Balaban J connectivity index is 2.46. The number of nitrogens with zero attached hydrogens (tertiary/aromatic N) is 3. The lowest BCUT2D eigenvalue weighted by molar-refractivity contribution is 0.417. The minimum atomic E-state index is 0.593. The second-order valence-corrected chi connectivity index (χ2v) is 2.92. The zero-order valence-corrected chi connectivity index (χ0v) is 8.21. The van der Waals surface area contributed by atoms with Crippen molar-refractivity contribution in [3.8, 4) is 17.1 Å². The Labute approximate surface area is 87.0 Å². The highest BCUT2D eigenvalue weighted by atomic mass is 16.5.